The van der Waals surface area contributed by atoms with Crippen LogP contribution in [0.1, 0.15) is 10.5 Å². The van der Waals surface area contributed by atoms with Crippen LogP contribution >= 0.6 is 11.6 Å². The van der Waals surface area contributed by atoms with E-state index in [1.165, 1.54) is 6.20 Å². The average Bonchev–Trinajstić information content (AvgIpc) is 2.71. The largest absolute Gasteiger partial charge is 0.336 e. The fraction of sp³-hybridized carbons (Fsp3) is 0. The van der Waals surface area contributed by atoms with E-state index in [-0.39, 0.29) is 22.1 Å². The second-order valence-electron chi connectivity index (χ2n) is 3.05. The van der Waals surface area contributed by atoms with Crippen LogP contribution in [0.2, 0.25) is 5.02 Å². The Morgan fingerprint density at radius 2 is 2.06 bits per heavy atom. The maximum atomic E-state index is 13.4. The number of carbonyl (C=O) groups is 1. The molecule has 0 unspecified atom stereocenters. The molecule has 0 amide bonds. The fourth-order valence-corrected chi connectivity index (χ4v) is 1.39. The fourth-order valence-electron chi connectivity index (χ4n) is 1.24. The van der Waals surface area contributed by atoms with E-state index < -0.39 is 11.6 Å². The number of imidazole rings is 1. The van der Waals surface area contributed by atoms with E-state index in [9.17, 15) is 13.6 Å². The molecule has 0 radical (unpaired) electrons. The number of aldehydes is 1. The van der Waals surface area contributed by atoms with E-state index in [0.29, 0.717) is 6.29 Å². The van der Waals surface area contributed by atoms with Crippen LogP contribution in [0.15, 0.2) is 18.3 Å². The number of nitrogens with zero attached hydrogens (tertiary/aromatic N) is 1. The molecule has 1 aromatic carbocycles. The lowest BCUT2D eigenvalue weighted by molar-refractivity contribution is 0.111. The van der Waals surface area contributed by atoms with Gasteiger partial charge in [-0.25, -0.2) is 13.8 Å². The van der Waals surface area contributed by atoms with E-state index in [1.807, 2.05) is 0 Å². The molecule has 0 atom stereocenters. The molecule has 1 N–H and O–H groups in total. The van der Waals surface area contributed by atoms with E-state index >= 15 is 0 Å². The van der Waals surface area contributed by atoms with Gasteiger partial charge in [0.2, 0.25) is 0 Å². The topological polar surface area (TPSA) is 45.8 Å². The van der Waals surface area contributed by atoms with E-state index in [1.54, 1.807) is 0 Å². The van der Waals surface area contributed by atoms with Gasteiger partial charge in [-0.1, -0.05) is 11.6 Å². The summed E-state index contributed by atoms with van der Waals surface area (Å²) >= 11 is 5.40. The van der Waals surface area contributed by atoms with E-state index in [0.717, 1.165) is 12.1 Å². The van der Waals surface area contributed by atoms with Crippen LogP contribution in [0.4, 0.5) is 8.78 Å². The highest BCUT2D eigenvalue weighted by atomic mass is 35.5. The van der Waals surface area contributed by atoms with Crippen molar-refractivity contribution in [3.05, 3.63) is 40.7 Å². The van der Waals surface area contributed by atoms with Gasteiger partial charge in [0.05, 0.1) is 22.5 Å². The van der Waals surface area contributed by atoms with Crippen LogP contribution in [-0.2, 0) is 0 Å². The predicted molar refractivity (Wildman–Crippen MR) is 54.3 cm³/mol. The first-order chi connectivity index (χ1) is 7.61. The van der Waals surface area contributed by atoms with Crippen LogP contribution in [0.5, 0.6) is 0 Å². The standard InChI is InChI=1S/C10H5ClF2N2O/c11-7-2-8(12)6(1-9(7)13)10-14-3-5(4-16)15-10/h1-4H,(H,14,15). The Labute approximate surface area is 94.1 Å². The van der Waals surface area contributed by atoms with Crippen LogP contribution in [-0.4, -0.2) is 16.3 Å². The molecule has 0 fully saturated rings. The molecular formula is C10H5ClF2N2O. The van der Waals surface area contributed by atoms with Crippen molar-refractivity contribution >= 4 is 17.9 Å². The number of aromatic amines is 1. The molecule has 1 heterocycles. The van der Waals surface area contributed by atoms with Gasteiger partial charge in [0.25, 0.3) is 0 Å². The number of benzene rings is 1. The lowest BCUT2D eigenvalue weighted by Gasteiger charge is -2.01. The van der Waals surface area contributed by atoms with Crippen molar-refractivity contribution in [1.29, 1.82) is 0 Å². The van der Waals surface area contributed by atoms with Crippen molar-refractivity contribution in [1.82, 2.24) is 9.97 Å². The molecule has 2 aromatic rings. The van der Waals surface area contributed by atoms with Crippen LogP contribution in [0.3, 0.4) is 0 Å². The van der Waals surface area contributed by atoms with Crippen molar-refractivity contribution in [2.24, 2.45) is 0 Å². The quantitative estimate of drug-likeness (QED) is 0.650. The summed E-state index contributed by atoms with van der Waals surface area (Å²) in [6.07, 6.45) is 1.76. The molecule has 3 nitrogen and oxygen atoms in total. The van der Waals surface area contributed by atoms with Gasteiger partial charge in [0.15, 0.2) is 6.29 Å². The zero-order valence-electron chi connectivity index (χ0n) is 7.80. The highest BCUT2D eigenvalue weighted by Crippen LogP contribution is 2.25. The maximum absolute atomic E-state index is 13.4. The minimum Gasteiger partial charge on any atom is -0.336 e. The third-order valence-corrected chi connectivity index (χ3v) is 2.28. The first-order valence-electron chi connectivity index (χ1n) is 4.27. The molecule has 82 valence electrons. The Hall–Kier alpha value is -1.75. The summed E-state index contributed by atoms with van der Waals surface area (Å²) in [6, 6.07) is 1.78. The number of hydrogen-bond acceptors (Lipinski definition) is 2. The lowest BCUT2D eigenvalue weighted by Crippen LogP contribution is -1.90. The van der Waals surface area contributed by atoms with Gasteiger partial charge in [-0.15, -0.1) is 0 Å². The molecule has 0 spiro atoms. The first-order valence-corrected chi connectivity index (χ1v) is 4.64. The summed E-state index contributed by atoms with van der Waals surface area (Å²) in [5, 5.41) is -0.302. The van der Waals surface area contributed by atoms with Crippen LogP contribution < -0.4 is 0 Å². The maximum Gasteiger partial charge on any atom is 0.167 e. The predicted octanol–water partition coefficient (Wildman–Crippen LogP) is 2.82. The molecular weight excluding hydrogens is 238 g/mol. The minimum absolute atomic E-state index is 0.0741. The van der Waals surface area contributed by atoms with Crippen molar-refractivity contribution in [2.75, 3.05) is 0 Å². The molecule has 2 rings (SSSR count). The van der Waals surface area contributed by atoms with Crippen molar-refractivity contribution in [3.63, 3.8) is 0 Å². The zero-order valence-corrected chi connectivity index (χ0v) is 8.55. The number of aromatic nitrogens is 2. The molecule has 0 aliphatic rings. The molecule has 1 aromatic heterocycles. The third kappa shape index (κ3) is 1.81. The highest BCUT2D eigenvalue weighted by Gasteiger charge is 2.12. The van der Waals surface area contributed by atoms with Crippen LogP contribution in [0, 0.1) is 11.6 Å². The zero-order chi connectivity index (χ0) is 11.7. The van der Waals surface area contributed by atoms with Crippen molar-refractivity contribution in [2.45, 2.75) is 0 Å². The van der Waals surface area contributed by atoms with Gasteiger partial charge >= 0.3 is 0 Å². The molecule has 0 saturated carbocycles. The number of nitrogens with one attached hydrogen (secondary N) is 1. The molecule has 0 aliphatic heterocycles. The number of carbonyl (C=O) groups excluding carboxylic acids is 1. The van der Waals surface area contributed by atoms with E-state index in [4.69, 9.17) is 11.6 Å². The number of H-pyrrole nitrogens is 1. The van der Waals surface area contributed by atoms with Gasteiger partial charge in [-0.05, 0) is 12.1 Å². The van der Waals surface area contributed by atoms with Gasteiger partial charge < -0.3 is 4.98 Å². The lowest BCUT2D eigenvalue weighted by atomic mass is 10.2. The highest BCUT2D eigenvalue weighted by molar-refractivity contribution is 6.30. The Morgan fingerprint density at radius 3 is 2.69 bits per heavy atom. The number of halogens is 3. The average molecular weight is 243 g/mol. The van der Waals surface area contributed by atoms with Crippen molar-refractivity contribution < 1.29 is 13.6 Å². The Morgan fingerprint density at radius 1 is 1.31 bits per heavy atom. The van der Waals surface area contributed by atoms with E-state index in [2.05, 4.69) is 9.97 Å². The van der Waals surface area contributed by atoms with Gasteiger partial charge in [-0.3, -0.25) is 4.79 Å². The number of rotatable bonds is 2. The third-order valence-electron chi connectivity index (χ3n) is 1.99. The summed E-state index contributed by atoms with van der Waals surface area (Å²) in [5.41, 5.74) is 0.111. The minimum atomic E-state index is -0.748. The summed E-state index contributed by atoms with van der Waals surface area (Å²) in [4.78, 5) is 16.7. The first kappa shape index (κ1) is 10.8. The molecule has 0 aliphatic carbocycles. The smallest absolute Gasteiger partial charge is 0.167 e. The summed E-state index contributed by atoms with van der Waals surface area (Å²) < 4.78 is 26.6. The monoisotopic (exact) mass is 242 g/mol. The second kappa shape index (κ2) is 4.02. The molecule has 16 heavy (non-hydrogen) atoms. The summed E-state index contributed by atoms with van der Waals surface area (Å²) in [6.45, 7) is 0. The normalized spacial score (nSPS) is 10.4. The molecule has 0 bridgehead atoms. The van der Waals surface area contributed by atoms with Crippen LogP contribution in [0.25, 0.3) is 11.4 Å². The second-order valence-corrected chi connectivity index (χ2v) is 3.46. The van der Waals surface area contributed by atoms with Gasteiger partial charge in [-0.2, -0.15) is 0 Å². The Bertz CT molecular complexity index is 554. The SMILES string of the molecule is O=Cc1cnc(-c2cc(F)c(Cl)cc2F)[nH]1. The van der Waals surface area contributed by atoms with Gasteiger partial charge in [0.1, 0.15) is 17.5 Å². The molecule has 6 heteroatoms. The summed E-state index contributed by atoms with van der Waals surface area (Å²) in [7, 11) is 0. The summed E-state index contributed by atoms with van der Waals surface area (Å²) in [5.74, 6) is -1.38. The molecule has 0 saturated heterocycles. The van der Waals surface area contributed by atoms with Crippen molar-refractivity contribution in [3.8, 4) is 11.4 Å². The number of hydrogen-bond donors (Lipinski definition) is 1. The Kier molecular flexibility index (Phi) is 2.70. The van der Waals surface area contributed by atoms with Gasteiger partial charge in [0, 0.05) is 0 Å². The Balaban J connectivity index is 2.55.